The average molecular weight is 265 g/mol. The number of carbonyl (C=O) groups is 1. The average Bonchev–Trinajstić information content (AvgIpc) is 2.08. The number of alkyl halides is 1. The van der Waals surface area contributed by atoms with Gasteiger partial charge in [-0.05, 0) is 12.8 Å². The molecule has 0 fully saturated rings. The highest BCUT2D eigenvalue weighted by Gasteiger charge is 1.97. The predicted octanol–water partition coefficient (Wildman–Crippen LogP) is 3.98. The number of unbranched alkanes of at least 4 members (excludes halogenated alkanes) is 5. The summed E-state index contributed by atoms with van der Waals surface area (Å²) in [6.07, 6.45) is 8.48. The summed E-state index contributed by atoms with van der Waals surface area (Å²) in [5.41, 5.74) is 0. The van der Waals surface area contributed by atoms with Gasteiger partial charge in [-0.1, -0.05) is 55.0 Å². The summed E-state index contributed by atoms with van der Waals surface area (Å²) in [5.74, 6) is -0.668. The summed E-state index contributed by atoms with van der Waals surface area (Å²) in [7, 11) is 0. The molecular weight excluding hydrogens is 244 g/mol. The zero-order valence-electron chi connectivity index (χ0n) is 8.97. The van der Waals surface area contributed by atoms with E-state index in [0.717, 1.165) is 12.8 Å². The second kappa shape index (κ2) is 9.50. The molecule has 0 saturated heterocycles. The molecule has 0 spiro atoms. The Hall–Kier alpha value is -0.0500. The Morgan fingerprint density at radius 2 is 1.64 bits per heavy atom. The first-order valence-electron chi connectivity index (χ1n) is 5.49. The maximum atomic E-state index is 10.2. The van der Waals surface area contributed by atoms with Gasteiger partial charge in [0.1, 0.15) is 0 Å². The van der Waals surface area contributed by atoms with Crippen LogP contribution in [-0.2, 0) is 4.79 Å². The SMILES string of the molecule is C[C@H](Br)CCCCCCCCC(=O)O. The highest BCUT2D eigenvalue weighted by molar-refractivity contribution is 9.09. The molecule has 1 N–H and O–H groups in total. The van der Waals surface area contributed by atoms with Gasteiger partial charge in [0, 0.05) is 11.2 Å². The molecule has 0 aliphatic heterocycles. The molecule has 3 heteroatoms. The third kappa shape index (κ3) is 11.9. The van der Waals surface area contributed by atoms with Crippen molar-refractivity contribution < 1.29 is 9.90 Å². The summed E-state index contributed by atoms with van der Waals surface area (Å²) < 4.78 is 0. The summed E-state index contributed by atoms with van der Waals surface area (Å²) in [6, 6.07) is 0. The van der Waals surface area contributed by atoms with Crippen molar-refractivity contribution >= 4 is 21.9 Å². The van der Waals surface area contributed by atoms with Crippen LogP contribution in [0, 0.1) is 0 Å². The molecule has 0 aliphatic carbocycles. The molecule has 0 unspecified atom stereocenters. The quantitative estimate of drug-likeness (QED) is 0.506. The second-order valence-electron chi connectivity index (χ2n) is 3.83. The lowest BCUT2D eigenvalue weighted by Crippen LogP contribution is -1.93. The van der Waals surface area contributed by atoms with Crippen molar-refractivity contribution in [2.45, 2.75) is 63.1 Å². The zero-order chi connectivity index (χ0) is 10.8. The van der Waals surface area contributed by atoms with Crippen molar-refractivity contribution in [3.63, 3.8) is 0 Å². The lowest BCUT2D eigenvalue weighted by molar-refractivity contribution is -0.137. The molecule has 84 valence electrons. The fourth-order valence-electron chi connectivity index (χ4n) is 1.41. The van der Waals surface area contributed by atoms with Gasteiger partial charge >= 0.3 is 5.97 Å². The van der Waals surface area contributed by atoms with Crippen LogP contribution in [-0.4, -0.2) is 15.9 Å². The Kier molecular flexibility index (Phi) is 9.47. The number of aliphatic carboxylic acids is 1. The first kappa shape index (κ1) is 13.9. The molecule has 0 amide bonds. The minimum absolute atomic E-state index is 0.332. The lowest BCUT2D eigenvalue weighted by atomic mass is 10.1. The van der Waals surface area contributed by atoms with Gasteiger partial charge in [-0.2, -0.15) is 0 Å². The van der Waals surface area contributed by atoms with Crippen LogP contribution in [0.25, 0.3) is 0 Å². The van der Waals surface area contributed by atoms with E-state index in [4.69, 9.17) is 5.11 Å². The van der Waals surface area contributed by atoms with E-state index in [1.807, 2.05) is 0 Å². The molecule has 1 atom stereocenters. The van der Waals surface area contributed by atoms with Crippen molar-refractivity contribution in [1.29, 1.82) is 0 Å². The smallest absolute Gasteiger partial charge is 0.303 e. The van der Waals surface area contributed by atoms with E-state index >= 15 is 0 Å². The van der Waals surface area contributed by atoms with E-state index in [1.165, 1.54) is 32.1 Å². The summed E-state index contributed by atoms with van der Waals surface area (Å²) in [4.78, 5) is 10.8. The van der Waals surface area contributed by atoms with Crippen LogP contribution in [0.3, 0.4) is 0 Å². The van der Waals surface area contributed by atoms with Crippen LogP contribution in [0.1, 0.15) is 58.3 Å². The highest BCUT2D eigenvalue weighted by atomic mass is 79.9. The Bertz CT molecular complexity index is 146. The molecule has 14 heavy (non-hydrogen) atoms. The van der Waals surface area contributed by atoms with E-state index in [2.05, 4.69) is 22.9 Å². The second-order valence-corrected chi connectivity index (χ2v) is 5.40. The van der Waals surface area contributed by atoms with Crippen LogP contribution in [0.4, 0.5) is 0 Å². The molecule has 0 aromatic rings. The van der Waals surface area contributed by atoms with E-state index < -0.39 is 5.97 Å². The van der Waals surface area contributed by atoms with Gasteiger partial charge in [0.2, 0.25) is 0 Å². The number of hydrogen-bond donors (Lipinski definition) is 1. The van der Waals surface area contributed by atoms with Gasteiger partial charge < -0.3 is 5.11 Å². The number of carboxylic acid groups (broad SMARTS) is 1. The minimum Gasteiger partial charge on any atom is -0.481 e. The van der Waals surface area contributed by atoms with Gasteiger partial charge in [0.05, 0.1) is 0 Å². The summed E-state index contributed by atoms with van der Waals surface area (Å²) in [5, 5.41) is 8.41. The number of hydrogen-bond acceptors (Lipinski definition) is 1. The minimum atomic E-state index is -0.668. The largest absolute Gasteiger partial charge is 0.481 e. The standard InChI is InChI=1S/C11H21BrO2/c1-10(12)8-6-4-2-3-5-7-9-11(13)14/h10H,2-9H2,1H3,(H,13,14)/t10-/m0/s1. The van der Waals surface area contributed by atoms with Crippen molar-refractivity contribution in [3.05, 3.63) is 0 Å². The molecule has 0 aromatic carbocycles. The molecule has 0 saturated carbocycles. The molecule has 0 radical (unpaired) electrons. The monoisotopic (exact) mass is 264 g/mol. The first-order valence-corrected chi connectivity index (χ1v) is 6.40. The van der Waals surface area contributed by atoms with Gasteiger partial charge in [-0.3, -0.25) is 4.79 Å². The molecule has 0 heterocycles. The Balaban J connectivity index is 2.96. The topological polar surface area (TPSA) is 37.3 Å². The Morgan fingerprint density at radius 3 is 2.14 bits per heavy atom. The molecule has 0 bridgehead atoms. The summed E-state index contributed by atoms with van der Waals surface area (Å²) >= 11 is 3.52. The third-order valence-corrected chi connectivity index (χ3v) is 2.70. The van der Waals surface area contributed by atoms with Crippen molar-refractivity contribution in [3.8, 4) is 0 Å². The molecule has 0 aromatic heterocycles. The third-order valence-electron chi connectivity index (χ3n) is 2.24. The lowest BCUT2D eigenvalue weighted by Gasteiger charge is -2.02. The molecular formula is C11H21BrO2. The van der Waals surface area contributed by atoms with E-state index in [9.17, 15) is 4.79 Å². The van der Waals surface area contributed by atoms with Crippen molar-refractivity contribution in [2.75, 3.05) is 0 Å². The van der Waals surface area contributed by atoms with E-state index in [0.29, 0.717) is 11.2 Å². The maximum Gasteiger partial charge on any atom is 0.303 e. The maximum absolute atomic E-state index is 10.2. The van der Waals surface area contributed by atoms with Gasteiger partial charge in [-0.15, -0.1) is 0 Å². The van der Waals surface area contributed by atoms with Crippen LogP contribution < -0.4 is 0 Å². The first-order chi connectivity index (χ1) is 6.63. The fourth-order valence-corrected chi connectivity index (χ4v) is 1.73. The van der Waals surface area contributed by atoms with Gasteiger partial charge in [0.15, 0.2) is 0 Å². The summed E-state index contributed by atoms with van der Waals surface area (Å²) in [6.45, 7) is 2.17. The van der Waals surface area contributed by atoms with Crippen LogP contribution in [0.15, 0.2) is 0 Å². The fraction of sp³-hybridized carbons (Fsp3) is 0.909. The van der Waals surface area contributed by atoms with E-state index in [1.54, 1.807) is 0 Å². The number of halogens is 1. The Morgan fingerprint density at radius 1 is 1.14 bits per heavy atom. The normalized spacial score (nSPS) is 12.7. The molecule has 2 nitrogen and oxygen atoms in total. The van der Waals surface area contributed by atoms with Crippen LogP contribution in [0.5, 0.6) is 0 Å². The van der Waals surface area contributed by atoms with Gasteiger partial charge in [-0.25, -0.2) is 0 Å². The molecule has 0 aliphatic rings. The highest BCUT2D eigenvalue weighted by Crippen LogP contribution is 2.12. The van der Waals surface area contributed by atoms with Crippen molar-refractivity contribution in [2.24, 2.45) is 0 Å². The predicted molar refractivity (Wildman–Crippen MR) is 63.0 cm³/mol. The number of rotatable bonds is 9. The van der Waals surface area contributed by atoms with Gasteiger partial charge in [0.25, 0.3) is 0 Å². The zero-order valence-corrected chi connectivity index (χ0v) is 10.6. The molecule has 0 rings (SSSR count). The number of carboxylic acids is 1. The van der Waals surface area contributed by atoms with Crippen molar-refractivity contribution in [1.82, 2.24) is 0 Å². The van der Waals surface area contributed by atoms with Crippen LogP contribution in [0.2, 0.25) is 0 Å². The van der Waals surface area contributed by atoms with Crippen LogP contribution >= 0.6 is 15.9 Å². The Labute approximate surface area is 95.2 Å². The van der Waals surface area contributed by atoms with E-state index in [-0.39, 0.29) is 0 Å².